The molecule has 2 rings (SSSR count). The average Bonchev–Trinajstić information content (AvgIpc) is 2.04. The van der Waals surface area contributed by atoms with Gasteiger partial charge in [-0.05, 0) is 30.7 Å². The smallest absolute Gasteiger partial charge is 0.0411 e. The maximum absolute atomic E-state index is 2.23. The van der Waals surface area contributed by atoms with Crippen LogP contribution in [0.1, 0.15) is 6.92 Å². The fourth-order valence-corrected chi connectivity index (χ4v) is 1.31. The van der Waals surface area contributed by atoms with Crippen LogP contribution in [-0.2, 0) is 0 Å². The second kappa shape index (κ2) is 2.42. The quantitative estimate of drug-likeness (QED) is 0.505. The zero-order valence-corrected chi connectivity index (χ0v) is 6.62. The molecule has 0 spiro atoms. The SMILES string of the molecule is CC1=CC2=CC=CCN2C=C1. The highest BCUT2D eigenvalue weighted by Crippen LogP contribution is 2.18. The highest BCUT2D eigenvalue weighted by molar-refractivity contribution is 5.37. The normalized spacial score (nSPS) is 21.0. The van der Waals surface area contributed by atoms with Gasteiger partial charge in [-0.1, -0.05) is 12.2 Å². The third-order valence-corrected chi connectivity index (χ3v) is 1.93. The number of rotatable bonds is 0. The molecular formula is C10H11N. The van der Waals surface area contributed by atoms with Gasteiger partial charge in [0.05, 0.1) is 0 Å². The summed E-state index contributed by atoms with van der Waals surface area (Å²) in [7, 11) is 0. The number of nitrogens with zero attached hydrogens (tertiary/aromatic N) is 1. The van der Waals surface area contributed by atoms with Crippen LogP contribution < -0.4 is 0 Å². The van der Waals surface area contributed by atoms with E-state index in [2.05, 4.69) is 48.4 Å². The minimum absolute atomic E-state index is 1.01. The lowest BCUT2D eigenvalue weighted by atomic mass is 10.1. The molecule has 56 valence electrons. The van der Waals surface area contributed by atoms with Crippen molar-refractivity contribution >= 4 is 0 Å². The summed E-state index contributed by atoms with van der Waals surface area (Å²) in [5.74, 6) is 0. The van der Waals surface area contributed by atoms with E-state index in [1.54, 1.807) is 0 Å². The number of hydrogen-bond donors (Lipinski definition) is 0. The standard InChI is InChI=1S/C10H11N/c1-9-5-7-11-6-3-2-4-10(11)8-9/h2-5,7-8H,6H2,1H3. The third kappa shape index (κ3) is 1.14. The van der Waals surface area contributed by atoms with Crippen LogP contribution in [0.15, 0.2) is 47.9 Å². The molecule has 2 aliphatic rings. The van der Waals surface area contributed by atoms with E-state index in [4.69, 9.17) is 0 Å². The fourth-order valence-electron chi connectivity index (χ4n) is 1.31. The molecule has 0 radical (unpaired) electrons. The van der Waals surface area contributed by atoms with Gasteiger partial charge < -0.3 is 4.90 Å². The number of hydrogen-bond acceptors (Lipinski definition) is 1. The average molecular weight is 145 g/mol. The van der Waals surface area contributed by atoms with Crippen molar-refractivity contribution in [3.8, 4) is 0 Å². The van der Waals surface area contributed by atoms with E-state index in [1.165, 1.54) is 11.3 Å². The zero-order valence-electron chi connectivity index (χ0n) is 6.62. The van der Waals surface area contributed by atoms with E-state index in [1.807, 2.05) is 0 Å². The van der Waals surface area contributed by atoms with Crippen molar-refractivity contribution in [2.75, 3.05) is 6.54 Å². The third-order valence-electron chi connectivity index (χ3n) is 1.93. The van der Waals surface area contributed by atoms with E-state index in [9.17, 15) is 0 Å². The summed E-state index contributed by atoms with van der Waals surface area (Å²) in [6.45, 7) is 3.12. The van der Waals surface area contributed by atoms with Gasteiger partial charge in [-0.25, -0.2) is 0 Å². The molecule has 0 N–H and O–H groups in total. The molecule has 11 heavy (non-hydrogen) atoms. The molecule has 0 saturated heterocycles. The minimum Gasteiger partial charge on any atom is -0.344 e. The lowest BCUT2D eigenvalue weighted by Crippen LogP contribution is -2.19. The Morgan fingerprint density at radius 2 is 2.36 bits per heavy atom. The maximum atomic E-state index is 2.23. The van der Waals surface area contributed by atoms with Crippen molar-refractivity contribution in [3.63, 3.8) is 0 Å². The Kier molecular flexibility index (Phi) is 1.42. The van der Waals surface area contributed by atoms with E-state index >= 15 is 0 Å². The van der Waals surface area contributed by atoms with Gasteiger partial charge in [-0.3, -0.25) is 0 Å². The molecule has 0 aromatic rings. The lowest BCUT2D eigenvalue weighted by Gasteiger charge is -2.25. The Hall–Kier alpha value is -1.24. The van der Waals surface area contributed by atoms with Crippen LogP contribution in [0.2, 0.25) is 0 Å². The molecule has 1 nitrogen and oxygen atoms in total. The van der Waals surface area contributed by atoms with Crippen molar-refractivity contribution < 1.29 is 0 Å². The molecule has 0 unspecified atom stereocenters. The first-order valence-corrected chi connectivity index (χ1v) is 3.86. The second-order valence-electron chi connectivity index (χ2n) is 2.88. The van der Waals surface area contributed by atoms with Crippen LogP contribution in [0.5, 0.6) is 0 Å². The predicted molar refractivity (Wildman–Crippen MR) is 46.8 cm³/mol. The molecule has 0 fully saturated rings. The van der Waals surface area contributed by atoms with Gasteiger partial charge in [0.1, 0.15) is 0 Å². The minimum atomic E-state index is 1.01. The highest BCUT2D eigenvalue weighted by atomic mass is 15.1. The second-order valence-corrected chi connectivity index (χ2v) is 2.88. The summed E-state index contributed by atoms with van der Waals surface area (Å²) in [6.07, 6.45) is 12.9. The first kappa shape index (κ1) is 6.47. The van der Waals surface area contributed by atoms with Crippen molar-refractivity contribution in [1.82, 2.24) is 4.90 Å². The Morgan fingerprint density at radius 1 is 1.45 bits per heavy atom. The predicted octanol–water partition coefficient (Wildman–Crippen LogP) is 2.22. The van der Waals surface area contributed by atoms with E-state index in [0.29, 0.717) is 0 Å². The molecule has 2 heterocycles. The first-order chi connectivity index (χ1) is 5.36. The molecular weight excluding hydrogens is 134 g/mol. The van der Waals surface area contributed by atoms with Gasteiger partial charge in [-0.2, -0.15) is 0 Å². The number of allylic oxidation sites excluding steroid dienone is 5. The monoisotopic (exact) mass is 145 g/mol. The Bertz CT molecular complexity index is 279. The Morgan fingerprint density at radius 3 is 3.27 bits per heavy atom. The van der Waals surface area contributed by atoms with Gasteiger partial charge in [0.15, 0.2) is 0 Å². The lowest BCUT2D eigenvalue weighted by molar-refractivity contribution is 0.521. The Labute approximate surface area is 67.0 Å². The number of fused-ring (bicyclic) bond motifs is 1. The van der Waals surface area contributed by atoms with Gasteiger partial charge >= 0.3 is 0 Å². The topological polar surface area (TPSA) is 3.24 Å². The van der Waals surface area contributed by atoms with Gasteiger partial charge in [-0.15, -0.1) is 0 Å². The maximum Gasteiger partial charge on any atom is 0.0411 e. The highest BCUT2D eigenvalue weighted by Gasteiger charge is 2.07. The van der Waals surface area contributed by atoms with Crippen LogP contribution in [-0.4, -0.2) is 11.4 Å². The summed E-state index contributed by atoms with van der Waals surface area (Å²) in [5.41, 5.74) is 2.62. The molecule has 0 aromatic heterocycles. The van der Waals surface area contributed by atoms with Gasteiger partial charge in [0.25, 0.3) is 0 Å². The van der Waals surface area contributed by atoms with Crippen LogP contribution in [0.4, 0.5) is 0 Å². The molecule has 1 heteroatoms. The first-order valence-electron chi connectivity index (χ1n) is 3.86. The van der Waals surface area contributed by atoms with Crippen molar-refractivity contribution in [3.05, 3.63) is 47.9 Å². The molecule has 0 amide bonds. The largest absolute Gasteiger partial charge is 0.344 e. The van der Waals surface area contributed by atoms with Crippen molar-refractivity contribution in [1.29, 1.82) is 0 Å². The van der Waals surface area contributed by atoms with Crippen molar-refractivity contribution in [2.45, 2.75) is 6.92 Å². The van der Waals surface area contributed by atoms with Gasteiger partial charge in [0.2, 0.25) is 0 Å². The van der Waals surface area contributed by atoms with Crippen LogP contribution in [0.25, 0.3) is 0 Å². The van der Waals surface area contributed by atoms with Crippen LogP contribution in [0, 0.1) is 0 Å². The van der Waals surface area contributed by atoms with E-state index in [0.717, 1.165) is 6.54 Å². The summed E-state index contributed by atoms with van der Waals surface area (Å²) in [6, 6.07) is 0. The van der Waals surface area contributed by atoms with Gasteiger partial charge in [0, 0.05) is 18.4 Å². The van der Waals surface area contributed by atoms with Crippen LogP contribution >= 0.6 is 0 Å². The molecule has 0 aromatic carbocycles. The Balaban J connectivity index is 2.35. The molecule has 0 bridgehead atoms. The van der Waals surface area contributed by atoms with Crippen LogP contribution in [0.3, 0.4) is 0 Å². The molecule has 0 aliphatic carbocycles. The molecule has 2 aliphatic heterocycles. The van der Waals surface area contributed by atoms with E-state index < -0.39 is 0 Å². The fraction of sp³-hybridized carbons (Fsp3) is 0.200. The molecule has 0 atom stereocenters. The summed E-state index contributed by atoms with van der Waals surface area (Å²) in [4.78, 5) is 2.23. The summed E-state index contributed by atoms with van der Waals surface area (Å²) in [5, 5.41) is 0. The van der Waals surface area contributed by atoms with Crippen molar-refractivity contribution in [2.24, 2.45) is 0 Å². The van der Waals surface area contributed by atoms with E-state index in [-0.39, 0.29) is 0 Å². The summed E-state index contributed by atoms with van der Waals surface area (Å²) < 4.78 is 0. The molecule has 0 saturated carbocycles. The zero-order chi connectivity index (χ0) is 7.68. The summed E-state index contributed by atoms with van der Waals surface area (Å²) >= 11 is 0.